The van der Waals surface area contributed by atoms with Crippen molar-refractivity contribution in [3.8, 4) is 11.5 Å². The predicted octanol–water partition coefficient (Wildman–Crippen LogP) is 2.29. The first-order chi connectivity index (χ1) is 11.1. The van der Waals surface area contributed by atoms with Crippen molar-refractivity contribution in [2.45, 2.75) is 6.54 Å². The first-order valence-corrected chi connectivity index (χ1v) is 7.89. The van der Waals surface area contributed by atoms with Gasteiger partial charge in [-0.25, -0.2) is 4.79 Å². The molecule has 0 radical (unpaired) electrons. The molecule has 0 aliphatic carbocycles. The molecule has 0 saturated heterocycles. The summed E-state index contributed by atoms with van der Waals surface area (Å²) in [6.45, 7) is 0.331. The topological polar surface area (TPSA) is 65.1 Å². The van der Waals surface area contributed by atoms with E-state index in [4.69, 9.17) is 14.2 Å². The fourth-order valence-electron chi connectivity index (χ4n) is 2.09. The van der Waals surface area contributed by atoms with Crippen molar-refractivity contribution < 1.29 is 23.8 Å². The SMILES string of the molecule is CN(Cc1ccsc1)C(=O)COC(=O)c1ccc2c(c1)OCO2. The molecule has 1 amide bonds. The summed E-state index contributed by atoms with van der Waals surface area (Å²) < 4.78 is 15.5. The molecule has 1 aliphatic rings. The lowest BCUT2D eigenvalue weighted by Crippen LogP contribution is -2.30. The van der Waals surface area contributed by atoms with Gasteiger partial charge in [-0.15, -0.1) is 0 Å². The minimum Gasteiger partial charge on any atom is -0.454 e. The van der Waals surface area contributed by atoms with Crippen LogP contribution in [0.25, 0.3) is 0 Å². The van der Waals surface area contributed by atoms with Crippen molar-refractivity contribution in [3.05, 3.63) is 46.2 Å². The predicted molar refractivity (Wildman–Crippen MR) is 83.6 cm³/mol. The molecule has 0 spiro atoms. The Kier molecular flexibility index (Phi) is 4.47. The van der Waals surface area contributed by atoms with Gasteiger partial charge in [0, 0.05) is 13.6 Å². The zero-order valence-electron chi connectivity index (χ0n) is 12.5. The minimum absolute atomic E-state index is 0.139. The number of nitrogens with zero attached hydrogens (tertiary/aromatic N) is 1. The lowest BCUT2D eigenvalue weighted by Gasteiger charge is -2.16. The fourth-order valence-corrected chi connectivity index (χ4v) is 2.75. The number of rotatable bonds is 5. The molecule has 1 aromatic heterocycles. The Hall–Kier alpha value is -2.54. The Bertz CT molecular complexity index is 713. The molecular weight excluding hydrogens is 318 g/mol. The number of hydrogen-bond acceptors (Lipinski definition) is 6. The highest BCUT2D eigenvalue weighted by molar-refractivity contribution is 7.07. The number of thiophene rings is 1. The summed E-state index contributed by atoms with van der Waals surface area (Å²) in [6.07, 6.45) is 0. The third-order valence-corrected chi connectivity index (χ3v) is 4.09. The molecule has 0 saturated carbocycles. The van der Waals surface area contributed by atoms with Crippen LogP contribution < -0.4 is 9.47 Å². The van der Waals surface area contributed by atoms with Crippen LogP contribution in [0.4, 0.5) is 0 Å². The van der Waals surface area contributed by atoms with E-state index in [-0.39, 0.29) is 19.3 Å². The molecule has 120 valence electrons. The van der Waals surface area contributed by atoms with Crippen LogP contribution in [0.15, 0.2) is 35.0 Å². The second-order valence-corrected chi connectivity index (χ2v) is 5.81. The summed E-state index contributed by atoms with van der Waals surface area (Å²) in [5.41, 5.74) is 1.37. The van der Waals surface area contributed by atoms with Crippen LogP contribution in [0.3, 0.4) is 0 Å². The summed E-state index contributed by atoms with van der Waals surface area (Å²) >= 11 is 1.57. The maximum Gasteiger partial charge on any atom is 0.338 e. The number of carbonyl (C=O) groups excluding carboxylic acids is 2. The maximum atomic E-state index is 12.0. The number of likely N-dealkylation sites (N-methyl/N-ethyl adjacent to an activating group) is 1. The van der Waals surface area contributed by atoms with E-state index in [1.807, 2.05) is 16.8 Å². The lowest BCUT2D eigenvalue weighted by molar-refractivity contribution is -0.133. The van der Waals surface area contributed by atoms with E-state index < -0.39 is 5.97 Å². The van der Waals surface area contributed by atoms with Crippen molar-refractivity contribution in [3.63, 3.8) is 0 Å². The van der Waals surface area contributed by atoms with Crippen molar-refractivity contribution in [1.29, 1.82) is 0 Å². The molecule has 3 rings (SSSR count). The number of benzene rings is 1. The smallest absolute Gasteiger partial charge is 0.338 e. The van der Waals surface area contributed by atoms with Gasteiger partial charge in [0.05, 0.1) is 5.56 Å². The summed E-state index contributed by atoms with van der Waals surface area (Å²) in [5.74, 6) is 0.263. The van der Waals surface area contributed by atoms with Gasteiger partial charge in [0.25, 0.3) is 5.91 Å². The zero-order chi connectivity index (χ0) is 16.2. The molecule has 0 N–H and O–H groups in total. The second kappa shape index (κ2) is 6.70. The normalized spacial score (nSPS) is 12.0. The minimum atomic E-state index is -0.569. The third-order valence-electron chi connectivity index (χ3n) is 3.36. The van der Waals surface area contributed by atoms with E-state index >= 15 is 0 Å². The summed E-state index contributed by atoms with van der Waals surface area (Å²) in [6, 6.07) is 6.72. The molecule has 0 fully saturated rings. The van der Waals surface area contributed by atoms with Crippen LogP contribution >= 0.6 is 11.3 Å². The lowest BCUT2D eigenvalue weighted by atomic mass is 10.2. The first kappa shape index (κ1) is 15.4. The van der Waals surface area contributed by atoms with Crippen molar-refractivity contribution >= 4 is 23.2 Å². The van der Waals surface area contributed by atoms with Crippen LogP contribution in [0.5, 0.6) is 11.5 Å². The molecule has 7 heteroatoms. The van der Waals surface area contributed by atoms with Crippen molar-refractivity contribution in [2.24, 2.45) is 0 Å². The van der Waals surface area contributed by atoms with E-state index in [2.05, 4.69) is 0 Å². The van der Waals surface area contributed by atoms with Gasteiger partial charge in [-0.1, -0.05) is 0 Å². The first-order valence-electron chi connectivity index (χ1n) is 6.95. The highest BCUT2D eigenvalue weighted by Gasteiger charge is 2.18. The molecule has 2 aromatic rings. The number of fused-ring (bicyclic) bond motifs is 1. The number of hydrogen-bond donors (Lipinski definition) is 0. The monoisotopic (exact) mass is 333 g/mol. The zero-order valence-corrected chi connectivity index (χ0v) is 13.3. The van der Waals surface area contributed by atoms with E-state index in [1.54, 1.807) is 36.6 Å². The molecule has 0 bridgehead atoms. The third kappa shape index (κ3) is 3.62. The molecule has 23 heavy (non-hydrogen) atoms. The Labute approximate surface area is 137 Å². The van der Waals surface area contributed by atoms with Gasteiger partial charge in [-0.05, 0) is 40.6 Å². The Balaban J connectivity index is 1.53. The highest BCUT2D eigenvalue weighted by atomic mass is 32.1. The highest BCUT2D eigenvalue weighted by Crippen LogP contribution is 2.32. The molecule has 0 unspecified atom stereocenters. The Morgan fingerprint density at radius 3 is 2.87 bits per heavy atom. The van der Waals surface area contributed by atoms with Crippen LogP contribution in [-0.4, -0.2) is 37.2 Å². The summed E-state index contributed by atoms with van der Waals surface area (Å²) in [5, 5.41) is 3.93. The fraction of sp³-hybridized carbons (Fsp3) is 0.250. The Morgan fingerprint density at radius 2 is 2.09 bits per heavy atom. The quantitative estimate of drug-likeness (QED) is 0.786. The Morgan fingerprint density at radius 1 is 1.26 bits per heavy atom. The number of amides is 1. The summed E-state index contributed by atoms with van der Waals surface area (Å²) in [4.78, 5) is 25.5. The van der Waals surface area contributed by atoms with Crippen molar-refractivity contribution in [1.82, 2.24) is 4.90 Å². The van der Waals surface area contributed by atoms with Gasteiger partial charge in [0.2, 0.25) is 6.79 Å². The molecular formula is C16H15NO5S. The molecule has 6 nitrogen and oxygen atoms in total. The van der Waals surface area contributed by atoms with Gasteiger partial charge in [-0.2, -0.15) is 11.3 Å². The largest absolute Gasteiger partial charge is 0.454 e. The molecule has 1 aliphatic heterocycles. The second-order valence-electron chi connectivity index (χ2n) is 5.03. The molecule has 0 atom stereocenters. The van der Waals surface area contributed by atoms with Crippen LogP contribution in [0, 0.1) is 0 Å². The maximum absolute atomic E-state index is 12.0. The van der Waals surface area contributed by atoms with E-state index in [0.717, 1.165) is 5.56 Å². The average Bonchev–Trinajstić information content (AvgIpc) is 3.22. The molecule has 1 aromatic carbocycles. The van der Waals surface area contributed by atoms with E-state index in [1.165, 1.54) is 4.90 Å². The van der Waals surface area contributed by atoms with Crippen molar-refractivity contribution in [2.75, 3.05) is 20.4 Å². The van der Waals surface area contributed by atoms with Crippen LogP contribution in [0.1, 0.15) is 15.9 Å². The number of ether oxygens (including phenoxy) is 3. The number of carbonyl (C=O) groups is 2. The van der Waals surface area contributed by atoms with E-state index in [9.17, 15) is 9.59 Å². The standard InChI is InChI=1S/C16H15NO5S/c1-17(7-11-4-5-23-9-11)15(18)8-20-16(19)12-2-3-13-14(6-12)22-10-21-13/h2-6,9H,7-8,10H2,1H3. The average molecular weight is 333 g/mol. The molecule has 2 heterocycles. The van der Waals surface area contributed by atoms with Gasteiger partial charge in [0.1, 0.15) is 0 Å². The summed E-state index contributed by atoms with van der Waals surface area (Å²) in [7, 11) is 1.68. The number of esters is 1. The van der Waals surface area contributed by atoms with E-state index in [0.29, 0.717) is 23.6 Å². The van der Waals surface area contributed by atoms with Gasteiger partial charge >= 0.3 is 5.97 Å². The van der Waals surface area contributed by atoms with Crippen LogP contribution in [0.2, 0.25) is 0 Å². The van der Waals surface area contributed by atoms with Crippen LogP contribution in [-0.2, 0) is 16.1 Å². The van der Waals surface area contributed by atoms with Gasteiger partial charge in [-0.3, -0.25) is 4.79 Å². The van der Waals surface area contributed by atoms with Gasteiger partial charge < -0.3 is 19.1 Å². The van der Waals surface area contributed by atoms with Gasteiger partial charge in [0.15, 0.2) is 18.1 Å².